The third-order valence-corrected chi connectivity index (χ3v) is 9.09. The van der Waals surface area contributed by atoms with Gasteiger partial charge in [0.25, 0.3) is 0 Å². The lowest BCUT2D eigenvalue weighted by molar-refractivity contribution is -0.197. The van der Waals surface area contributed by atoms with Gasteiger partial charge in [0, 0.05) is 42.7 Å². The molecule has 0 aliphatic carbocycles. The van der Waals surface area contributed by atoms with Crippen LogP contribution >= 0.6 is 11.6 Å². The fraction of sp³-hybridized carbons (Fsp3) is 0.650. The Hall–Kier alpha value is -1.21. The molecule has 2 spiro atoms. The molecule has 4 aliphatic rings. The van der Waals surface area contributed by atoms with Gasteiger partial charge in [0.15, 0.2) is 0 Å². The number of halogens is 1. The van der Waals surface area contributed by atoms with Crippen molar-refractivity contribution >= 4 is 21.6 Å². The Morgan fingerprint density at radius 3 is 2.55 bits per heavy atom. The summed E-state index contributed by atoms with van der Waals surface area (Å²) in [4.78, 5) is 2.48. The Labute approximate surface area is 176 Å². The van der Waals surface area contributed by atoms with Crippen LogP contribution in [0.1, 0.15) is 24.8 Å². The summed E-state index contributed by atoms with van der Waals surface area (Å²) in [7, 11) is -3.76. The summed E-state index contributed by atoms with van der Waals surface area (Å²) >= 11 is 5.99. The van der Waals surface area contributed by atoms with Gasteiger partial charge in [0.05, 0.1) is 31.0 Å². The average Bonchev–Trinajstić information content (AvgIpc) is 3.03. The standard InChI is InChI=1S/C20H24ClN3O4S/c21-16-2-1-15(9-22)18(7-16)29(25,26)24-5-3-20(4-6-24)8-17(10-28-20)23-11-19(12-23)13-27-14-19/h1-2,7,17H,3-6,8,10-14H2. The van der Waals surface area contributed by atoms with Crippen molar-refractivity contribution in [3.8, 4) is 6.07 Å². The Morgan fingerprint density at radius 2 is 1.93 bits per heavy atom. The van der Waals surface area contributed by atoms with E-state index in [0.717, 1.165) is 39.3 Å². The Kier molecular flexibility index (Phi) is 4.70. The molecule has 1 atom stereocenters. The molecular formula is C20H24ClN3O4S. The molecule has 1 aromatic rings. The van der Waals surface area contributed by atoms with Gasteiger partial charge in [-0.1, -0.05) is 11.6 Å². The largest absolute Gasteiger partial charge is 0.380 e. The molecule has 0 N–H and O–H groups in total. The predicted molar refractivity (Wildman–Crippen MR) is 106 cm³/mol. The van der Waals surface area contributed by atoms with Crippen molar-refractivity contribution < 1.29 is 17.9 Å². The van der Waals surface area contributed by atoms with Crippen LogP contribution in [-0.4, -0.2) is 75.3 Å². The minimum atomic E-state index is -3.76. The maximum atomic E-state index is 13.1. The topological polar surface area (TPSA) is 82.9 Å². The van der Waals surface area contributed by atoms with E-state index in [1.54, 1.807) is 0 Å². The highest BCUT2D eigenvalue weighted by atomic mass is 35.5. The van der Waals surface area contributed by atoms with Crippen molar-refractivity contribution in [2.24, 2.45) is 5.41 Å². The minimum Gasteiger partial charge on any atom is -0.380 e. The van der Waals surface area contributed by atoms with Crippen LogP contribution in [-0.2, 0) is 19.5 Å². The number of hydrogen-bond acceptors (Lipinski definition) is 6. The van der Waals surface area contributed by atoms with Crippen LogP contribution in [0.25, 0.3) is 0 Å². The molecule has 4 saturated heterocycles. The fourth-order valence-corrected chi connectivity index (χ4v) is 6.97. The van der Waals surface area contributed by atoms with Gasteiger partial charge < -0.3 is 9.47 Å². The summed E-state index contributed by atoms with van der Waals surface area (Å²) in [6, 6.07) is 6.74. The van der Waals surface area contributed by atoms with E-state index in [1.165, 1.54) is 22.5 Å². The number of ether oxygens (including phenoxy) is 2. The zero-order chi connectivity index (χ0) is 20.3. The average molecular weight is 438 g/mol. The molecular weight excluding hydrogens is 414 g/mol. The van der Waals surface area contributed by atoms with Crippen molar-refractivity contribution in [1.82, 2.24) is 9.21 Å². The molecule has 5 rings (SSSR count). The van der Waals surface area contributed by atoms with Gasteiger partial charge in [-0.25, -0.2) is 8.42 Å². The van der Waals surface area contributed by atoms with Gasteiger partial charge in [-0.3, -0.25) is 4.90 Å². The van der Waals surface area contributed by atoms with Crippen LogP contribution in [0.5, 0.6) is 0 Å². The number of benzene rings is 1. The number of nitriles is 1. The molecule has 0 radical (unpaired) electrons. The summed E-state index contributed by atoms with van der Waals surface area (Å²) in [6.45, 7) is 5.43. The van der Waals surface area contributed by atoms with Gasteiger partial charge in [0.2, 0.25) is 10.0 Å². The van der Waals surface area contributed by atoms with E-state index >= 15 is 0 Å². The molecule has 1 aromatic carbocycles. The Morgan fingerprint density at radius 1 is 1.21 bits per heavy atom. The first kappa shape index (κ1) is 19.7. The number of nitrogens with zero attached hydrogens (tertiary/aromatic N) is 3. The van der Waals surface area contributed by atoms with E-state index in [2.05, 4.69) is 4.90 Å². The van der Waals surface area contributed by atoms with Crippen LogP contribution in [0, 0.1) is 16.7 Å². The Bertz CT molecular complexity index is 956. The van der Waals surface area contributed by atoms with E-state index in [9.17, 15) is 13.7 Å². The van der Waals surface area contributed by atoms with Crippen LogP contribution in [0.4, 0.5) is 0 Å². The lowest BCUT2D eigenvalue weighted by Crippen LogP contribution is -2.68. The molecule has 156 valence electrons. The molecule has 7 nitrogen and oxygen atoms in total. The maximum Gasteiger partial charge on any atom is 0.244 e. The first-order valence-electron chi connectivity index (χ1n) is 10.0. The third kappa shape index (κ3) is 3.29. The molecule has 9 heteroatoms. The smallest absolute Gasteiger partial charge is 0.244 e. The van der Waals surface area contributed by atoms with Crippen LogP contribution < -0.4 is 0 Å². The Balaban J connectivity index is 1.24. The van der Waals surface area contributed by atoms with E-state index in [-0.39, 0.29) is 16.1 Å². The normalized spacial score (nSPS) is 28.8. The quantitative estimate of drug-likeness (QED) is 0.717. The maximum absolute atomic E-state index is 13.1. The van der Waals surface area contributed by atoms with E-state index in [1.807, 2.05) is 6.07 Å². The highest BCUT2D eigenvalue weighted by molar-refractivity contribution is 7.89. The molecule has 1 unspecified atom stereocenters. The molecule has 0 amide bonds. The van der Waals surface area contributed by atoms with Crippen LogP contribution in [0.2, 0.25) is 5.02 Å². The number of rotatable bonds is 3. The van der Waals surface area contributed by atoms with Crippen LogP contribution in [0.3, 0.4) is 0 Å². The molecule has 4 fully saturated rings. The second kappa shape index (κ2) is 6.91. The van der Waals surface area contributed by atoms with Crippen molar-refractivity contribution in [1.29, 1.82) is 5.26 Å². The van der Waals surface area contributed by atoms with Gasteiger partial charge in [-0.2, -0.15) is 9.57 Å². The van der Waals surface area contributed by atoms with Crippen molar-refractivity contribution in [2.75, 3.05) is 46.0 Å². The number of sulfonamides is 1. The highest BCUT2D eigenvalue weighted by Gasteiger charge is 2.54. The van der Waals surface area contributed by atoms with Crippen LogP contribution in [0.15, 0.2) is 23.1 Å². The van der Waals surface area contributed by atoms with Gasteiger partial charge >= 0.3 is 0 Å². The monoisotopic (exact) mass is 437 g/mol. The number of piperidine rings is 1. The third-order valence-electron chi connectivity index (χ3n) is 6.92. The van der Waals surface area contributed by atoms with Gasteiger partial charge in [-0.05, 0) is 37.5 Å². The molecule has 4 heterocycles. The highest BCUT2D eigenvalue weighted by Crippen LogP contribution is 2.44. The lowest BCUT2D eigenvalue weighted by atomic mass is 9.76. The first-order chi connectivity index (χ1) is 13.8. The molecule has 0 bridgehead atoms. The van der Waals surface area contributed by atoms with Crippen molar-refractivity contribution in [3.63, 3.8) is 0 Å². The molecule has 0 aromatic heterocycles. The summed E-state index contributed by atoms with van der Waals surface area (Å²) in [6.07, 6.45) is 2.30. The predicted octanol–water partition coefficient (Wildman–Crippen LogP) is 1.86. The first-order valence-corrected chi connectivity index (χ1v) is 11.8. The molecule has 29 heavy (non-hydrogen) atoms. The van der Waals surface area contributed by atoms with Crippen molar-refractivity contribution in [2.45, 2.75) is 35.8 Å². The van der Waals surface area contributed by atoms with E-state index in [0.29, 0.717) is 42.4 Å². The lowest BCUT2D eigenvalue weighted by Gasteiger charge is -2.57. The van der Waals surface area contributed by atoms with Gasteiger partial charge in [-0.15, -0.1) is 0 Å². The second-order valence-corrected chi connectivity index (χ2v) is 11.2. The van der Waals surface area contributed by atoms with E-state index < -0.39 is 10.0 Å². The summed E-state index contributed by atoms with van der Waals surface area (Å²) in [5.74, 6) is 0. The zero-order valence-corrected chi connectivity index (χ0v) is 17.7. The van der Waals surface area contributed by atoms with Crippen molar-refractivity contribution in [3.05, 3.63) is 28.8 Å². The van der Waals surface area contributed by atoms with Gasteiger partial charge in [0.1, 0.15) is 11.0 Å². The summed E-state index contributed by atoms with van der Waals surface area (Å²) in [5.41, 5.74) is 0.281. The zero-order valence-electron chi connectivity index (χ0n) is 16.1. The summed E-state index contributed by atoms with van der Waals surface area (Å²) in [5, 5.41) is 9.61. The minimum absolute atomic E-state index is 0.0118. The SMILES string of the molecule is N#Cc1ccc(Cl)cc1S(=O)(=O)N1CCC2(CC1)CC(N1CC3(COC3)C1)CO2. The number of likely N-dealkylation sites (tertiary alicyclic amines) is 1. The molecule has 0 saturated carbocycles. The number of hydrogen-bond donors (Lipinski definition) is 0. The fourth-order valence-electron chi connectivity index (χ4n) is 5.13. The molecule has 4 aliphatic heterocycles. The summed E-state index contributed by atoms with van der Waals surface area (Å²) < 4.78 is 39.3. The van der Waals surface area contributed by atoms with E-state index in [4.69, 9.17) is 21.1 Å². The second-order valence-electron chi connectivity index (χ2n) is 8.91.